The van der Waals surface area contributed by atoms with Crippen LogP contribution in [0, 0.1) is 40.4 Å². The first-order valence-corrected chi connectivity index (χ1v) is 10.3. The van der Waals surface area contributed by atoms with E-state index in [0.717, 1.165) is 30.1 Å². The van der Waals surface area contributed by atoms with Crippen LogP contribution in [0.3, 0.4) is 0 Å². The largest absolute Gasteiger partial charge is 0.394 e. The Hall–Kier alpha value is -0.0800. The molecule has 0 spiro atoms. The van der Waals surface area contributed by atoms with Crippen LogP contribution in [-0.4, -0.2) is 22.9 Å². The average molecular weight is 321 g/mol. The predicted molar refractivity (Wildman–Crippen MR) is 92.9 cm³/mol. The van der Waals surface area contributed by atoms with Gasteiger partial charge in [0.1, 0.15) is 0 Å². The number of hydrogen-bond donors (Lipinski definition) is 2. The van der Waals surface area contributed by atoms with E-state index in [9.17, 15) is 10.2 Å². The van der Waals surface area contributed by atoms with Gasteiger partial charge in [0.15, 0.2) is 0 Å². The zero-order valence-corrected chi connectivity index (χ0v) is 15.1. The summed E-state index contributed by atoms with van der Waals surface area (Å²) >= 11 is 0. The van der Waals surface area contributed by atoms with Crippen molar-refractivity contribution in [3.05, 3.63) is 0 Å². The molecule has 0 aromatic carbocycles. The highest BCUT2D eigenvalue weighted by molar-refractivity contribution is 5.09. The van der Waals surface area contributed by atoms with E-state index in [2.05, 4.69) is 13.8 Å². The lowest BCUT2D eigenvalue weighted by Gasteiger charge is -2.60. The molecular formula is C21H36O2. The lowest BCUT2D eigenvalue weighted by molar-refractivity contribution is -0.122. The van der Waals surface area contributed by atoms with Crippen molar-refractivity contribution in [2.45, 2.75) is 84.2 Å². The molecular weight excluding hydrogens is 284 g/mol. The van der Waals surface area contributed by atoms with Gasteiger partial charge in [-0.25, -0.2) is 0 Å². The minimum Gasteiger partial charge on any atom is -0.394 e. The van der Waals surface area contributed by atoms with Crippen LogP contribution in [-0.2, 0) is 0 Å². The van der Waals surface area contributed by atoms with Crippen molar-refractivity contribution in [1.29, 1.82) is 0 Å². The van der Waals surface area contributed by atoms with E-state index in [1.165, 1.54) is 57.8 Å². The molecule has 0 aromatic heterocycles. The minimum absolute atomic E-state index is 0.0547. The maximum Gasteiger partial charge on any atom is 0.0804 e. The molecule has 4 saturated carbocycles. The van der Waals surface area contributed by atoms with Gasteiger partial charge in [0.25, 0.3) is 0 Å². The van der Waals surface area contributed by atoms with Gasteiger partial charge in [-0.3, -0.25) is 0 Å². The van der Waals surface area contributed by atoms with Crippen LogP contribution in [0.5, 0.6) is 0 Å². The number of rotatable bonds is 2. The standard InChI is InChI=1S/C21H36O2/c1-20-11-4-3-5-14(20)6-7-15-16-8-9-18(19(23)13-22)21(16,2)12-10-17(15)20/h14-19,22-23H,3-13H2,1-2H3/t14-,15-,16+,17-,18-,19-,20+,21+/m1/s1. The summed E-state index contributed by atoms with van der Waals surface area (Å²) in [7, 11) is 0. The summed E-state index contributed by atoms with van der Waals surface area (Å²) in [5.74, 6) is 3.94. The molecule has 2 heteroatoms. The van der Waals surface area contributed by atoms with Crippen molar-refractivity contribution < 1.29 is 10.2 Å². The third-order valence-electron chi connectivity index (χ3n) is 9.31. The first-order valence-electron chi connectivity index (χ1n) is 10.3. The van der Waals surface area contributed by atoms with Crippen LogP contribution in [0.15, 0.2) is 0 Å². The normalized spacial score (nSPS) is 54.0. The molecule has 132 valence electrons. The van der Waals surface area contributed by atoms with Gasteiger partial charge in [-0.05, 0) is 91.8 Å². The summed E-state index contributed by atoms with van der Waals surface area (Å²) in [6, 6.07) is 0. The number of aliphatic hydroxyl groups is 2. The Bertz CT molecular complexity index is 449. The first kappa shape index (κ1) is 16.4. The molecule has 0 unspecified atom stereocenters. The van der Waals surface area contributed by atoms with E-state index in [0.29, 0.717) is 11.3 Å². The van der Waals surface area contributed by atoms with Crippen LogP contribution < -0.4 is 0 Å². The van der Waals surface area contributed by atoms with Gasteiger partial charge in [0.05, 0.1) is 12.7 Å². The highest BCUT2D eigenvalue weighted by Gasteiger charge is 2.60. The molecule has 4 aliphatic carbocycles. The molecule has 0 radical (unpaired) electrons. The molecule has 4 fully saturated rings. The fourth-order valence-electron chi connectivity index (χ4n) is 8.10. The Morgan fingerprint density at radius 1 is 0.870 bits per heavy atom. The Kier molecular flexibility index (Phi) is 4.08. The first-order chi connectivity index (χ1) is 11.0. The molecule has 0 aliphatic heterocycles. The Morgan fingerprint density at radius 2 is 1.65 bits per heavy atom. The van der Waals surface area contributed by atoms with Gasteiger partial charge in [0.2, 0.25) is 0 Å². The van der Waals surface area contributed by atoms with Crippen molar-refractivity contribution in [3.63, 3.8) is 0 Å². The Labute approximate surface area is 142 Å². The quantitative estimate of drug-likeness (QED) is 0.792. The number of aliphatic hydroxyl groups excluding tert-OH is 2. The van der Waals surface area contributed by atoms with Gasteiger partial charge in [-0.15, -0.1) is 0 Å². The van der Waals surface area contributed by atoms with Gasteiger partial charge in [-0.2, -0.15) is 0 Å². The third kappa shape index (κ3) is 2.27. The van der Waals surface area contributed by atoms with Crippen molar-refractivity contribution in [2.75, 3.05) is 6.61 Å². The van der Waals surface area contributed by atoms with Crippen LogP contribution >= 0.6 is 0 Å². The highest BCUT2D eigenvalue weighted by Crippen LogP contribution is 2.67. The molecule has 0 saturated heterocycles. The fourth-order valence-corrected chi connectivity index (χ4v) is 8.10. The second-order valence-electron chi connectivity index (χ2n) is 9.88. The molecule has 2 N–H and O–H groups in total. The second-order valence-corrected chi connectivity index (χ2v) is 9.88. The van der Waals surface area contributed by atoms with Gasteiger partial charge < -0.3 is 10.2 Å². The highest BCUT2D eigenvalue weighted by atomic mass is 16.3. The lowest BCUT2D eigenvalue weighted by atomic mass is 9.45. The average Bonchev–Trinajstić information content (AvgIpc) is 2.91. The molecule has 0 amide bonds. The van der Waals surface area contributed by atoms with Gasteiger partial charge in [-0.1, -0.05) is 26.7 Å². The summed E-state index contributed by atoms with van der Waals surface area (Å²) < 4.78 is 0. The van der Waals surface area contributed by atoms with Crippen molar-refractivity contribution >= 4 is 0 Å². The smallest absolute Gasteiger partial charge is 0.0804 e. The van der Waals surface area contributed by atoms with Crippen LogP contribution in [0.4, 0.5) is 0 Å². The topological polar surface area (TPSA) is 40.5 Å². The zero-order chi connectivity index (χ0) is 16.2. The predicted octanol–water partition coefficient (Wildman–Crippen LogP) is 4.39. The summed E-state index contributed by atoms with van der Waals surface area (Å²) in [4.78, 5) is 0. The van der Waals surface area contributed by atoms with E-state index in [4.69, 9.17) is 0 Å². The minimum atomic E-state index is -0.497. The fraction of sp³-hybridized carbons (Fsp3) is 1.00. The van der Waals surface area contributed by atoms with Gasteiger partial charge >= 0.3 is 0 Å². The van der Waals surface area contributed by atoms with Crippen molar-refractivity contribution in [2.24, 2.45) is 40.4 Å². The maximum absolute atomic E-state index is 10.3. The summed E-state index contributed by atoms with van der Waals surface area (Å²) in [6.45, 7) is 5.02. The molecule has 8 atom stereocenters. The van der Waals surface area contributed by atoms with Gasteiger partial charge in [0, 0.05) is 0 Å². The van der Waals surface area contributed by atoms with E-state index in [-0.39, 0.29) is 12.0 Å². The van der Waals surface area contributed by atoms with E-state index in [1.54, 1.807) is 0 Å². The third-order valence-corrected chi connectivity index (χ3v) is 9.31. The lowest BCUT2D eigenvalue weighted by Crippen LogP contribution is -2.53. The molecule has 0 bridgehead atoms. The number of fused-ring (bicyclic) bond motifs is 5. The molecule has 23 heavy (non-hydrogen) atoms. The van der Waals surface area contributed by atoms with Crippen molar-refractivity contribution in [1.82, 2.24) is 0 Å². The maximum atomic E-state index is 10.3. The molecule has 0 aromatic rings. The SMILES string of the molecule is C[C@]12CCCC[C@@H]1CC[C@H]1[C@H]2CC[C@]2(C)[C@@H]([C@H](O)CO)CC[C@@H]12. The van der Waals surface area contributed by atoms with E-state index >= 15 is 0 Å². The summed E-state index contributed by atoms with van der Waals surface area (Å²) in [5, 5.41) is 19.8. The zero-order valence-electron chi connectivity index (χ0n) is 15.1. The summed E-state index contributed by atoms with van der Waals surface area (Å²) in [6.07, 6.45) is 13.3. The van der Waals surface area contributed by atoms with Crippen LogP contribution in [0.2, 0.25) is 0 Å². The molecule has 2 nitrogen and oxygen atoms in total. The molecule has 4 aliphatic rings. The Morgan fingerprint density at radius 3 is 2.43 bits per heavy atom. The van der Waals surface area contributed by atoms with E-state index in [1.807, 2.05) is 0 Å². The number of hydrogen-bond acceptors (Lipinski definition) is 2. The van der Waals surface area contributed by atoms with Crippen LogP contribution in [0.1, 0.15) is 78.1 Å². The second kappa shape index (κ2) is 5.73. The summed E-state index contributed by atoms with van der Waals surface area (Å²) in [5.41, 5.74) is 0.886. The molecule has 4 rings (SSSR count). The van der Waals surface area contributed by atoms with Crippen molar-refractivity contribution in [3.8, 4) is 0 Å². The monoisotopic (exact) mass is 320 g/mol. The Balaban J connectivity index is 1.60. The van der Waals surface area contributed by atoms with Crippen LogP contribution in [0.25, 0.3) is 0 Å². The van der Waals surface area contributed by atoms with E-state index < -0.39 is 6.10 Å². The molecule has 0 heterocycles.